The lowest BCUT2D eigenvalue weighted by Gasteiger charge is -2.29. The molecule has 0 atom stereocenters. The van der Waals surface area contributed by atoms with Crippen molar-refractivity contribution < 1.29 is 14.3 Å². The summed E-state index contributed by atoms with van der Waals surface area (Å²) in [7, 11) is 3.27. The Labute approximate surface area is 146 Å². The minimum atomic E-state index is 0.0527. The maximum absolute atomic E-state index is 12.9. The number of carbonyl (C=O) groups excluding carboxylic acids is 1. The van der Waals surface area contributed by atoms with E-state index in [-0.39, 0.29) is 5.91 Å². The second kappa shape index (κ2) is 6.16. The van der Waals surface area contributed by atoms with Gasteiger partial charge in [0.05, 0.1) is 14.2 Å². The monoisotopic (exact) mass is 336 g/mol. The van der Waals surface area contributed by atoms with E-state index in [1.807, 2.05) is 47.5 Å². The molecule has 1 N–H and O–H groups in total. The Hall–Kier alpha value is -2.95. The zero-order valence-electron chi connectivity index (χ0n) is 14.3. The second-order valence-electron chi connectivity index (χ2n) is 6.23. The second-order valence-corrected chi connectivity index (χ2v) is 6.23. The number of ether oxygens (including phenoxy) is 2. The predicted octanol–water partition coefficient (Wildman–Crippen LogP) is 3.38. The molecule has 1 aromatic heterocycles. The summed E-state index contributed by atoms with van der Waals surface area (Å²) in [6.45, 7) is 1.28. The minimum absolute atomic E-state index is 0.0527. The molecule has 0 saturated carbocycles. The molecule has 5 heteroatoms. The molecule has 1 amide bonds. The van der Waals surface area contributed by atoms with Crippen molar-refractivity contribution >= 4 is 16.8 Å². The van der Waals surface area contributed by atoms with Crippen molar-refractivity contribution in [3.8, 4) is 11.5 Å². The molecule has 0 spiro atoms. The van der Waals surface area contributed by atoms with Gasteiger partial charge in [0, 0.05) is 30.4 Å². The van der Waals surface area contributed by atoms with Gasteiger partial charge in [-0.2, -0.15) is 0 Å². The molecule has 1 aliphatic heterocycles. The Morgan fingerprint density at radius 1 is 1.04 bits per heavy atom. The first-order valence-corrected chi connectivity index (χ1v) is 8.30. The van der Waals surface area contributed by atoms with Crippen LogP contribution >= 0.6 is 0 Å². The summed E-state index contributed by atoms with van der Waals surface area (Å²) < 4.78 is 10.8. The normalized spacial score (nSPS) is 13.6. The first-order chi connectivity index (χ1) is 12.2. The number of H-pyrrole nitrogens is 1. The number of fused-ring (bicyclic) bond motifs is 2. The van der Waals surface area contributed by atoms with E-state index in [0.29, 0.717) is 24.4 Å². The largest absolute Gasteiger partial charge is 0.493 e. The Kier molecular flexibility index (Phi) is 3.84. The lowest BCUT2D eigenvalue weighted by Crippen LogP contribution is -2.36. The predicted molar refractivity (Wildman–Crippen MR) is 96.3 cm³/mol. The van der Waals surface area contributed by atoms with Crippen molar-refractivity contribution in [2.24, 2.45) is 0 Å². The number of methoxy groups -OCH3 is 2. The molecule has 0 aliphatic carbocycles. The minimum Gasteiger partial charge on any atom is -0.493 e. The number of amides is 1. The molecule has 2 heterocycles. The van der Waals surface area contributed by atoms with Crippen LogP contribution in [0.3, 0.4) is 0 Å². The van der Waals surface area contributed by atoms with E-state index in [1.165, 1.54) is 5.56 Å². The van der Waals surface area contributed by atoms with E-state index in [9.17, 15) is 4.79 Å². The summed E-state index contributed by atoms with van der Waals surface area (Å²) >= 11 is 0. The van der Waals surface area contributed by atoms with Crippen molar-refractivity contribution in [1.29, 1.82) is 0 Å². The third kappa shape index (κ3) is 2.71. The molecule has 1 aliphatic rings. The number of nitrogens with one attached hydrogen (secondary N) is 1. The van der Waals surface area contributed by atoms with Crippen molar-refractivity contribution in [2.45, 2.75) is 13.0 Å². The van der Waals surface area contributed by atoms with Crippen LogP contribution in [0.1, 0.15) is 21.5 Å². The molecular formula is C20H20N2O3. The third-order valence-corrected chi connectivity index (χ3v) is 4.81. The Balaban J connectivity index is 1.61. The number of carbonyl (C=O) groups is 1. The number of nitrogens with zero attached hydrogens (tertiary/aromatic N) is 1. The van der Waals surface area contributed by atoms with Crippen LogP contribution in [-0.4, -0.2) is 36.6 Å². The fourth-order valence-electron chi connectivity index (χ4n) is 3.42. The summed E-state index contributed by atoms with van der Waals surface area (Å²) in [6, 6.07) is 11.8. The van der Waals surface area contributed by atoms with Crippen LogP contribution in [0.15, 0.2) is 42.6 Å². The molecule has 25 heavy (non-hydrogen) atoms. The van der Waals surface area contributed by atoms with E-state index in [2.05, 4.69) is 4.98 Å². The van der Waals surface area contributed by atoms with Gasteiger partial charge in [-0.05, 0) is 53.3 Å². The zero-order chi connectivity index (χ0) is 17.4. The number of rotatable bonds is 3. The van der Waals surface area contributed by atoms with Crippen molar-refractivity contribution in [2.75, 3.05) is 20.8 Å². The quantitative estimate of drug-likeness (QED) is 0.798. The van der Waals surface area contributed by atoms with Gasteiger partial charge in [-0.1, -0.05) is 6.07 Å². The highest BCUT2D eigenvalue weighted by atomic mass is 16.5. The fourth-order valence-corrected chi connectivity index (χ4v) is 3.42. The van der Waals surface area contributed by atoms with Crippen LogP contribution in [0.4, 0.5) is 0 Å². The van der Waals surface area contributed by atoms with Gasteiger partial charge in [0.1, 0.15) is 0 Å². The number of hydrogen-bond donors (Lipinski definition) is 1. The fraction of sp³-hybridized carbons (Fsp3) is 0.250. The molecule has 5 nitrogen and oxygen atoms in total. The molecule has 4 rings (SSSR count). The summed E-state index contributed by atoms with van der Waals surface area (Å²) in [5, 5.41) is 1.11. The van der Waals surface area contributed by atoms with E-state index >= 15 is 0 Å². The highest BCUT2D eigenvalue weighted by molar-refractivity contribution is 5.98. The molecular weight excluding hydrogens is 316 g/mol. The first-order valence-electron chi connectivity index (χ1n) is 8.30. The number of aromatic nitrogens is 1. The molecule has 0 saturated heterocycles. The van der Waals surface area contributed by atoms with Gasteiger partial charge in [-0.25, -0.2) is 0 Å². The van der Waals surface area contributed by atoms with Gasteiger partial charge >= 0.3 is 0 Å². The van der Waals surface area contributed by atoms with Gasteiger partial charge in [0.25, 0.3) is 5.91 Å². The smallest absolute Gasteiger partial charge is 0.254 e. The van der Waals surface area contributed by atoms with Gasteiger partial charge < -0.3 is 19.4 Å². The number of aromatic amines is 1. The summed E-state index contributed by atoms with van der Waals surface area (Å²) in [4.78, 5) is 18.0. The van der Waals surface area contributed by atoms with Gasteiger partial charge in [-0.15, -0.1) is 0 Å². The van der Waals surface area contributed by atoms with Crippen molar-refractivity contribution in [3.05, 3.63) is 59.3 Å². The third-order valence-electron chi connectivity index (χ3n) is 4.81. The van der Waals surface area contributed by atoms with E-state index in [1.54, 1.807) is 14.2 Å². The van der Waals surface area contributed by atoms with Crippen LogP contribution in [0.5, 0.6) is 11.5 Å². The Bertz CT molecular complexity index is 945. The number of benzene rings is 2. The lowest BCUT2D eigenvalue weighted by atomic mass is 9.98. The topological polar surface area (TPSA) is 54.6 Å². The maximum Gasteiger partial charge on any atom is 0.254 e. The zero-order valence-corrected chi connectivity index (χ0v) is 14.3. The molecule has 0 fully saturated rings. The molecule has 128 valence electrons. The van der Waals surface area contributed by atoms with Crippen LogP contribution in [0, 0.1) is 0 Å². The average Bonchev–Trinajstić information content (AvgIpc) is 3.13. The van der Waals surface area contributed by atoms with Crippen LogP contribution < -0.4 is 9.47 Å². The highest BCUT2D eigenvalue weighted by Crippen LogP contribution is 2.33. The van der Waals surface area contributed by atoms with E-state index < -0.39 is 0 Å². The summed E-state index contributed by atoms with van der Waals surface area (Å²) in [5.41, 5.74) is 4.01. The van der Waals surface area contributed by atoms with Gasteiger partial charge in [-0.3, -0.25) is 4.79 Å². The van der Waals surface area contributed by atoms with E-state index in [0.717, 1.165) is 28.6 Å². The lowest BCUT2D eigenvalue weighted by molar-refractivity contribution is 0.0734. The maximum atomic E-state index is 12.9. The first kappa shape index (κ1) is 15.6. The van der Waals surface area contributed by atoms with Crippen LogP contribution in [-0.2, 0) is 13.0 Å². The molecule has 0 unspecified atom stereocenters. The highest BCUT2D eigenvalue weighted by Gasteiger charge is 2.23. The molecule has 3 aromatic rings. The van der Waals surface area contributed by atoms with E-state index in [4.69, 9.17) is 9.47 Å². The average molecular weight is 336 g/mol. The SMILES string of the molecule is COc1cc2c(cc1OC)CN(C(=O)c1ccc3cc[nH]c3c1)CC2. The van der Waals surface area contributed by atoms with Crippen molar-refractivity contribution in [3.63, 3.8) is 0 Å². The molecule has 0 bridgehead atoms. The Morgan fingerprint density at radius 3 is 2.56 bits per heavy atom. The molecule has 0 radical (unpaired) electrons. The van der Waals surface area contributed by atoms with Gasteiger partial charge in [0.2, 0.25) is 0 Å². The summed E-state index contributed by atoms with van der Waals surface area (Å²) in [6.07, 6.45) is 2.70. The summed E-state index contributed by atoms with van der Waals surface area (Å²) in [5.74, 6) is 1.48. The Morgan fingerprint density at radius 2 is 1.80 bits per heavy atom. The van der Waals surface area contributed by atoms with Crippen molar-refractivity contribution in [1.82, 2.24) is 9.88 Å². The standard InChI is InChI=1S/C20H20N2O3/c1-24-18-10-14-6-8-22(12-16(14)11-19(18)25-2)20(23)15-4-3-13-5-7-21-17(13)9-15/h3-5,7,9-11,21H,6,8,12H2,1-2H3. The molecule has 2 aromatic carbocycles. The number of hydrogen-bond acceptors (Lipinski definition) is 3. The van der Waals surface area contributed by atoms with Crippen LogP contribution in [0.25, 0.3) is 10.9 Å². The van der Waals surface area contributed by atoms with Gasteiger partial charge in [0.15, 0.2) is 11.5 Å². The van der Waals surface area contributed by atoms with Crippen LogP contribution in [0.2, 0.25) is 0 Å².